The van der Waals surface area contributed by atoms with E-state index in [1.54, 1.807) is 6.92 Å². The van der Waals surface area contributed by atoms with Gasteiger partial charge in [0.05, 0.1) is 4.47 Å². The smallest absolute Gasteiger partial charge is 0.260 e. The minimum atomic E-state index is -0.534. The fourth-order valence-electron chi connectivity index (χ4n) is 1.29. The van der Waals surface area contributed by atoms with Crippen LogP contribution in [-0.2, 0) is 4.79 Å². The maximum atomic E-state index is 11.8. The molecule has 1 amide bonds. The molecule has 1 rings (SSSR count). The van der Waals surface area contributed by atoms with Crippen molar-refractivity contribution < 1.29 is 9.53 Å². The summed E-state index contributed by atoms with van der Waals surface area (Å²) < 4.78 is 6.42. The van der Waals surface area contributed by atoms with Crippen molar-refractivity contribution in [1.29, 1.82) is 0 Å². The Morgan fingerprint density at radius 2 is 2.05 bits per heavy atom. The summed E-state index contributed by atoms with van der Waals surface area (Å²) in [4.78, 5) is 11.8. The molecule has 2 unspecified atom stereocenters. The Morgan fingerprint density at radius 1 is 1.42 bits per heavy atom. The van der Waals surface area contributed by atoms with Gasteiger partial charge in [-0.15, -0.1) is 12.4 Å². The molecule has 0 aromatic heterocycles. The highest BCUT2D eigenvalue weighted by molar-refractivity contribution is 9.10. The predicted octanol–water partition coefficient (Wildman–Crippen LogP) is 2.35. The van der Waals surface area contributed by atoms with E-state index in [4.69, 9.17) is 10.5 Å². The molecule has 0 aliphatic rings. The number of para-hydroxylation sites is 1. The van der Waals surface area contributed by atoms with Gasteiger partial charge in [0.15, 0.2) is 6.10 Å². The summed E-state index contributed by atoms with van der Waals surface area (Å²) in [5.74, 6) is 0.794. The van der Waals surface area contributed by atoms with Crippen molar-refractivity contribution in [1.82, 2.24) is 5.32 Å². The molecule has 19 heavy (non-hydrogen) atoms. The second-order valence-corrected chi connectivity index (χ2v) is 5.13. The van der Waals surface area contributed by atoms with Crippen LogP contribution < -0.4 is 15.8 Å². The Balaban J connectivity index is 0.00000324. The van der Waals surface area contributed by atoms with Gasteiger partial charge in [-0.05, 0) is 47.4 Å². The summed E-state index contributed by atoms with van der Waals surface area (Å²) in [6.45, 7) is 4.83. The zero-order valence-corrected chi connectivity index (χ0v) is 13.5. The standard InChI is InChI=1S/C13H19BrN2O2.ClH/c1-9(7-15)8-16-13(17)10(2)18-12-6-4-3-5-11(12)14;/h3-6,9-10H,7-8,15H2,1-2H3,(H,16,17);1H. The van der Waals surface area contributed by atoms with Gasteiger partial charge in [0.2, 0.25) is 0 Å². The summed E-state index contributed by atoms with van der Waals surface area (Å²) in [7, 11) is 0. The van der Waals surface area contributed by atoms with E-state index < -0.39 is 6.10 Å². The van der Waals surface area contributed by atoms with Crippen molar-refractivity contribution >= 4 is 34.2 Å². The van der Waals surface area contributed by atoms with E-state index in [0.717, 1.165) is 4.47 Å². The normalized spacial score (nSPS) is 13.1. The van der Waals surface area contributed by atoms with E-state index in [9.17, 15) is 4.79 Å². The number of amides is 1. The van der Waals surface area contributed by atoms with E-state index in [0.29, 0.717) is 18.8 Å². The number of hydrogen-bond acceptors (Lipinski definition) is 3. The lowest BCUT2D eigenvalue weighted by molar-refractivity contribution is -0.127. The number of carbonyl (C=O) groups excluding carboxylic acids is 1. The highest BCUT2D eigenvalue weighted by atomic mass is 79.9. The molecule has 0 saturated carbocycles. The van der Waals surface area contributed by atoms with Gasteiger partial charge in [-0.1, -0.05) is 19.1 Å². The molecule has 2 atom stereocenters. The van der Waals surface area contributed by atoms with Crippen LogP contribution in [0.3, 0.4) is 0 Å². The fraction of sp³-hybridized carbons (Fsp3) is 0.462. The highest BCUT2D eigenvalue weighted by Gasteiger charge is 2.15. The Hall–Kier alpha value is -0.780. The number of benzene rings is 1. The van der Waals surface area contributed by atoms with Crippen LogP contribution in [0, 0.1) is 5.92 Å². The van der Waals surface area contributed by atoms with E-state index >= 15 is 0 Å². The van der Waals surface area contributed by atoms with Gasteiger partial charge in [0.25, 0.3) is 5.91 Å². The van der Waals surface area contributed by atoms with Gasteiger partial charge >= 0.3 is 0 Å². The SMILES string of the molecule is CC(CN)CNC(=O)C(C)Oc1ccccc1Br.Cl. The summed E-state index contributed by atoms with van der Waals surface area (Å²) >= 11 is 3.37. The first kappa shape index (κ1) is 18.2. The van der Waals surface area contributed by atoms with Crippen LogP contribution in [0.1, 0.15) is 13.8 Å². The molecule has 0 fully saturated rings. The molecule has 0 bridgehead atoms. The summed E-state index contributed by atoms with van der Waals surface area (Å²) in [5.41, 5.74) is 5.49. The molecular weight excluding hydrogens is 332 g/mol. The molecule has 1 aromatic carbocycles. The molecular formula is C13H20BrClN2O2. The quantitative estimate of drug-likeness (QED) is 0.827. The minimum Gasteiger partial charge on any atom is -0.480 e. The Morgan fingerprint density at radius 3 is 2.63 bits per heavy atom. The Bertz CT molecular complexity index is 404. The van der Waals surface area contributed by atoms with Crippen LogP contribution in [0.15, 0.2) is 28.7 Å². The topological polar surface area (TPSA) is 64.3 Å². The summed E-state index contributed by atoms with van der Waals surface area (Å²) in [5, 5.41) is 2.81. The molecule has 3 N–H and O–H groups in total. The van der Waals surface area contributed by atoms with Crippen LogP contribution in [0.25, 0.3) is 0 Å². The summed E-state index contributed by atoms with van der Waals surface area (Å²) in [6.07, 6.45) is -0.534. The van der Waals surface area contributed by atoms with Gasteiger partial charge in [-0.2, -0.15) is 0 Å². The first-order valence-corrected chi connectivity index (χ1v) is 6.72. The van der Waals surface area contributed by atoms with E-state index in [1.165, 1.54) is 0 Å². The van der Waals surface area contributed by atoms with Crippen LogP contribution >= 0.6 is 28.3 Å². The molecule has 108 valence electrons. The lowest BCUT2D eigenvalue weighted by atomic mass is 10.2. The molecule has 4 nitrogen and oxygen atoms in total. The van der Waals surface area contributed by atoms with Crippen LogP contribution in [0.4, 0.5) is 0 Å². The van der Waals surface area contributed by atoms with Gasteiger partial charge in [-0.25, -0.2) is 0 Å². The first-order chi connectivity index (χ1) is 8.54. The third-order valence-corrected chi connectivity index (χ3v) is 3.19. The van der Waals surface area contributed by atoms with Crippen LogP contribution in [0.2, 0.25) is 0 Å². The average molecular weight is 352 g/mol. The number of hydrogen-bond donors (Lipinski definition) is 2. The maximum absolute atomic E-state index is 11.8. The van der Waals surface area contributed by atoms with Crippen molar-refractivity contribution in [3.63, 3.8) is 0 Å². The van der Waals surface area contributed by atoms with Gasteiger partial charge in [0.1, 0.15) is 5.75 Å². The predicted molar refractivity (Wildman–Crippen MR) is 82.7 cm³/mol. The van der Waals surface area contributed by atoms with Gasteiger partial charge in [-0.3, -0.25) is 4.79 Å². The monoisotopic (exact) mass is 350 g/mol. The number of ether oxygens (including phenoxy) is 1. The zero-order chi connectivity index (χ0) is 13.5. The van der Waals surface area contributed by atoms with E-state index in [-0.39, 0.29) is 24.2 Å². The second kappa shape index (κ2) is 9.18. The zero-order valence-electron chi connectivity index (χ0n) is 11.1. The number of halogens is 2. The molecule has 0 heterocycles. The lowest BCUT2D eigenvalue weighted by Crippen LogP contribution is -2.39. The average Bonchev–Trinajstić information content (AvgIpc) is 2.38. The number of nitrogens with two attached hydrogens (primary N) is 1. The molecule has 6 heteroatoms. The minimum absolute atomic E-state index is 0. The third kappa shape index (κ3) is 6.27. The molecule has 0 spiro atoms. The van der Waals surface area contributed by atoms with Crippen molar-refractivity contribution in [3.05, 3.63) is 28.7 Å². The number of nitrogens with one attached hydrogen (secondary N) is 1. The van der Waals surface area contributed by atoms with Crippen LogP contribution in [-0.4, -0.2) is 25.1 Å². The number of carbonyl (C=O) groups is 1. The summed E-state index contributed by atoms with van der Waals surface area (Å²) in [6, 6.07) is 7.44. The molecule has 0 radical (unpaired) electrons. The highest BCUT2D eigenvalue weighted by Crippen LogP contribution is 2.24. The Kier molecular flexibility index (Phi) is 8.80. The molecule has 0 aliphatic heterocycles. The lowest BCUT2D eigenvalue weighted by Gasteiger charge is -2.17. The first-order valence-electron chi connectivity index (χ1n) is 5.93. The largest absolute Gasteiger partial charge is 0.480 e. The van der Waals surface area contributed by atoms with Crippen molar-refractivity contribution in [2.75, 3.05) is 13.1 Å². The van der Waals surface area contributed by atoms with Crippen molar-refractivity contribution in [2.24, 2.45) is 11.7 Å². The number of rotatable bonds is 6. The van der Waals surface area contributed by atoms with Gasteiger partial charge in [0, 0.05) is 6.54 Å². The second-order valence-electron chi connectivity index (χ2n) is 4.28. The van der Waals surface area contributed by atoms with E-state index in [2.05, 4.69) is 21.2 Å². The fourth-order valence-corrected chi connectivity index (χ4v) is 1.66. The molecule has 1 aromatic rings. The van der Waals surface area contributed by atoms with Gasteiger partial charge < -0.3 is 15.8 Å². The molecule has 0 saturated heterocycles. The van der Waals surface area contributed by atoms with Crippen molar-refractivity contribution in [3.8, 4) is 5.75 Å². The van der Waals surface area contributed by atoms with Crippen LogP contribution in [0.5, 0.6) is 5.75 Å². The van der Waals surface area contributed by atoms with Crippen molar-refractivity contribution in [2.45, 2.75) is 20.0 Å². The third-order valence-electron chi connectivity index (χ3n) is 2.54. The van der Waals surface area contributed by atoms with E-state index in [1.807, 2.05) is 31.2 Å². The maximum Gasteiger partial charge on any atom is 0.260 e. The Labute approximate surface area is 128 Å². The molecule has 0 aliphatic carbocycles.